The van der Waals surface area contributed by atoms with E-state index in [2.05, 4.69) is 5.32 Å². The van der Waals surface area contributed by atoms with E-state index < -0.39 is 0 Å². The average Bonchev–Trinajstić information content (AvgIpc) is 2.93. The van der Waals surface area contributed by atoms with Gasteiger partial charge in [-0.3, -0.25) is 4.79 Å². The van der Waals surface area contributed by atoms with Crippen LogP contribution < -0.4 is 5.32 Å². The first-order chi connectivity index (χ1) is 9.24. The zero-order valence-electron chi connectivity index (χ0n) is 11.1. The van der Waals surface area contributed by atoms with Crippen molar-refractivity contribution in [3.63, 3.8) is 0 Å². The molecule has 0 saturated carbocycles. The van der Waals surface area contributed by atoms with Crippen molar-refractivity contribution in [2.24, 2.45) is 0 Å². The van der Waals surface area contributed by atoms with E-state index in [0.717, 1.165) is 23.5 Å². The van der Waals surface area contributed by atoms with Gasteiger partial charge in [0, 0.05) is 25.5 Å². The van der Waals surface area contributed by atoms with Gasteiger partial charge in [-0.1, -0.05) is 30.3 Å². The summed E-state index contributed by atoms with van der Waals surface area (Å²) in [6, 6.07) is 9.79. The zero-order valence-corrected chi connectivity index (χ0v) is 11.9. The van der Waals surface area contributed by atoms with Crippen molar-refractivity contribution in [2.45, 2.75) is 12.0 Å². The molecule has 3 nitrogen and oxygen atoms in total. The number of nitrogens with one attached hydrogen (secondary N) is 1. The Labute approximate surface area is 118 Å². The molecule has 4 heteroatoms. The number of methoxy groups -OCH3 is 1. The number of carbonyl (C=O) groups excluding carboxylic acids is 1. The van der Waals surface area contributed by atoms with E-state index in [4.69, 9.17) is 4.74 Å². The van der Waals surface area contributed by atoms with Crippen LogP contribution in [0.25, 0.3) is 6.08 Å². The SMILES string of the molecule is CO[C@@]1(CNC(=O)/C=C/c2ccccc2)CCSC1. The van der Waals surface area contributed by atoms with Gasteiger partial charge in [-0.25, -0.2) is 0 Å². The van der Waals surface area contributed by atoms with Gasteiger partial charge in [0.05, 0.1) is 5.60 Å². The Bertz CT molecular complexity index is 439. The highest BCUT2D eigenvalue weighted by atomic mass is 32.2. The molecule has 0 radical (unpaired) electrons. The lowest BCUT2D eigenvalue weighted by atomic mass is 10.0. The molecule has 1 saturated heterocycles. The Kier molecular flexibility index (Phi) is 5.05. The van der Waals surface area contributed by atoms with E-state index in [1.807, 2.05) is 48.2 Å². The third-order valence-corrected chi connectivity index (χ3v) is 4.53. The van der Waals surface area contributed by atoms with Crippen molar-refractivity contribution in [3.05, 3.63) is 42.0 Å². The molecular formula is C15H19NO2S. The summed E-state index contributed by atoms with van der Waals surface area (Å²) in [7, 11) is 1.72. The van der Waals surface area contributed by atoms with Crippen LogP contribution in [0, 0.1) is 0 Å². The second kappa shape index (κ2) is 6.78. The van der Waals surface area contributed by atoms with E-state index >= 15 is 0 Å². The molecule has 0 bridgehead atoms. The minimum Gasteiger partial charge on any atom is -0.376 e. The van der Waals surface area contributed by atoms with Gasteiger partial charge in [-0.15, -0.1) is 0 Å². The van der Waals surface area contributed by atoms with Gasteiger partial charge in [0.2, 0.25) is 5.91 Å². The van der Waals surface area contributed by atoms with Crippen molar-refractivity contribution in [3.8, 4) is 0 Å². The van der Waals surface area contributed by atoms with Gasteiger partial charge in [0.25, 0.3) is 0 Å². The molecule has 1 fully saturated rings. The van der Waals surface area contributed by atoms with Gasteiger partial charge in [-0.2, -0.15) is 11.8 Å². The maximum atomic E-state index is 11.8. The molecule has 1 atom stereocenters. The molecular weight excluding hydrogens is 258 g/mol. The molecule has 19 heavy (non-hydrogen) atoms. The second-order valence-electron chi connectivity index (χ2n) is 4.65. The molecule has 1 amide bonds. The van der Waals surface area contributed by atoms with Crippen molar-refractivity contribution in [1.29, 1.82) is 0 Å². The lowest BCUT2D eigenvalue weighted by molar-refractivity contribution is -0.117. The number of thioether (sulfide) groups is 1. The van der Waals surface area contributed by atoms with Gasteiger partial charge in [0.1, 0.15) is 0 Å². The molecule has 1 aliphatic rings. The topological polar surface area (TPSA) is 38.3 Å². The Morgan fingerprint density at radius 3 is 2.89 bits per heavy atom. The first-order valence-corrected chi connectivity index (χ1v) is 7.53. The van der Waals surface area contributed by atoms with Crippen LogP contribution >= 0.6 is 11.8 Å². The normalized spacial score (nSPS) is 22.8. The quantitative estimate of drug-likeness (QED) is 0.840. The molecule has 1 aromatic rings. The maximum Gasteiger partial charge on any atom is 0.244 e. The van der Waals surface area contributed by atoms with Gasteiger partial charge in [0.15, 0.2) is 0 Å². The van der Waals surface area contributed by atoms with Crippen LogP contribution in [0.15, 0.2) is 36.4 Å². The smallest absolute Gasteiger partial charge is 0.244 e. The van der Waals surface area contributed by atoms with Gasteiger partial charge >= 0.3 is 0 Å². The summed E-state index contributed by atoms with van der Waals surface area (Å²) in [5.74, 6) is 1.98. The van der Waals surface area contributed by atoms with Crippen LogP contribution in [0.1, 0.15) is 12.0 Å². The fraction of sp³-hybridized carbons (Fsp3) is 0.400. The molecule has 0 spiro atoms. The molecule has 2 rings (SSSR count). The number of amides is 1. The summed E-state index contributed by atoms with van der Waals surface area (Å²) in [5, 5.41) is 2.92. The van der Waals surface area contributed by atoms with Crippen LogP contribution in [-0.4, -0.2) is 36.7 Å². The molecule has 0 aromatic heterocycles. The third-order valence-electron chi connectivity index (χ3n) is 3.31. The van der Waals surface area contributed by atoms with E-state index in [0.29, 0.717) is 6.54 Å². The minimum absolute atomic E-state index is 0.0721. The van der Waals surface area contributed by atoms with Crippen LogP contribution in [0.2, 0.25) is 0 Å². The van der Waals surface area contributed by atoms with Crippen LogP contribution in [0.5, 0.6) is 0 Å². The molecule has 0 aliphatic carbocycles. The summed E-state index contributed by atoms with van der Waals surface area (Å²) in [4.78, 5) is 11.8. The highest BCUT2D eigenvalue weighted by Gasteiger charge is 2.34. The lowest BCUT2D eigenvalue weighted by Gasteiger charge is -2.26. The van der Waals surface area contributed by atoms with E-state index in [1.54, 1.807) is 13.2 Å². The van der Waals surface area contributed by atoms with E-state index in [9.17, 15) is 4.79 Å². The summed E-state index contributed by atoms with van der Waals surface area (Å²) in [5.41, 5.74) is 0.844. The Morgan fingerprint density at radius 1 is 1.47 bits per heavy atom. The summed E-state index contributed by atoms with van der Waals surface area (Å²) in [6.07, 6.45) is 4.38. The molecule has 1 aromatic carbocycles. The summed E-state index contributed by atoms with van der Waals surface area (Å²) in [6.45, 7) is 0.578. The number of hydrogen-bond acceptors (Lipinski definition) is 3. The highest BCUT2D eigenvalue weighted by Crippen LogP contribution is 2.30. The molecule has 1 aliphatic heterocycles. The predicted molar refractivity (Wildman–Crippen MR) is 80.2 cm³/mol. The van der Waals surface area contributed by atoms with E-state index in [-0.39, 0.29) is 11.5 Å². The number of hydrogen-bond donors (Lipinski definition) is 1. The van der Waals surface area contributed by atoms with Crippen LogP contribution in [0.4, 0.5) is 0 Å². The fourth-order valence-electron chi connectivity index (χ4n) is 2.00. The molecule has 102 valence electrons. The average molecular weight is 277 g/mol. The first-order valence-electron chi connectivity index (χ1n) is 6.38. The van der Waals surface area contributed by atoms with E-state index in [1.165, 1.54) is 0 Å². The third kappa shape index (κ3) is 4.11. The first kappa shape index (κ1) is 14.2. The molecule has 0 unspecified atom stereocenters. The minimum atomic E-state index is -0.180. The standard InChI is InChI=1S/C15H19NO2S/c1-18-15(9-10-19-12-15)11-16-14(17)8-7-13-5-3-2-4-6-13/h2-8H,9-12H2,1H3,(H,16,17)/b8-7+/t15-/m1/s1. The number of benzene rings is 1. The number of ether oxygens (including phenoxy) is 1. The van der Waals surface area contributed by atoms with Crippen molar-refractivity contribution in [1.82, 2.24) is 5.32 Å². The van der Waals surface area contributed by atoms with Crippen molar-refractivity contribution < 1.29 is 9.53 Å². The second-order valence-corrected chi connectivity index (χ2v) is 5.76. The van der Waals surface area contributed by atoms with Crippen LogP contribution in [0.3, 0.4) is 0 Å². The number of rotatable bonds is 5. The van der Waals surface area contributed by atoms with Crippen LogP contribution in [-0.2, 0) is 9.53 Å². The summed E-state index contributed by atoms with van der Waals surface area (Å²) < 4.78 is 5.55. The Morgan fingerprint density at radius 2 is 2.26 bits per heavy atom. The highest BCUT2D eigenvalue weighted by molar-refractivity contribution is 7.99. The van der Waals surface area contributed by atoms with Crippen molar-refractivity contribution >= 4 is 23.7 Å². The van der Waals surface area contributed by atoms with Gasteiger partial charge < -0.3 is 10.1 Å². The monoisotopic (exact) mass is 277 g/mol. The fourth-order valence-corrected chi connectivity index (χ4v) is 3.40. The predicted octanol–water partition coefficient (Wildman–Crippen LogP) is 2.34. The zero-order chi connectivity index (χ0) is 13.6. The van der Waals surface area contributed by atoms with Gasteiger partial charge in [-0.05, 0) is 23.8 Å². The largest absolute Gasteiger partial charge is 0.376 e. The number of carbonyl (C=O) groups is 1. The summed E-state index contributed by atoms with van der Waals surface area (Å²) >= 11 is 1.87. The molecule has 1 N–H and O–H groups in total. The Balaban J connectivity index is 1.83. The molecule has 1 heterocycles. The maximum absolute atomic E-state index is 11.8. The van der Waals surface area contributed by atoms with Crippen molar-refractivity contribution in [2.75, 3.05) is 25.2 Å². The lowest BCUT2D eigenvalue weighted by Crippen LogP contribution is -2.44. The Hall–Kier alpha value is -1.26.